The molecule has 1 amide bonds. The summed E-state index contributed by atoms with van der Waals surface area (Å²) < 4.78 is 9.75. The SMILES string of the molecule is COCCNC(=O)[C@@H](C)OC(=O)c1nc(Cl)c(Cl)c(N)c1Cl. The third-order valence-corrected chi connectivity index (χ3v) is 3.66. The lowest BCUT2D eigenvalue weighted by molar-refractivity contribution is -0.129. The van der Waals surface area contributed by atoms with Crippen LogP contribution in [0.3, 0.4) is 0 Å². The van der Waals surface area contributed by atoms with Crippen molar-refractivity contribution < 1.29 is 19.1 Å². The molecule has 0 aliphatic carbocycles. The number of carbonyl (C=O) groups excluding carboxylic acids is 2. The van der Waals surface area contributed by atoms with Gasteiger partial charge in [-0.15, -0.1) is 0 Å². The average molecular weight is 371 g/mol. The van der Waals surface area contributed by atoms with Gasteiger partial charge >= 0.3 is 5.97 Å². The number of pyridine rings is 1. The van der Waals surface area contributed by atoms with E-state index in [4.69, 9.17) is 50.0 Å². The van der Waals surface area contributed by atoms with Gasteiger partial charge in [-0.05, 0) is 6.92 Å². The predicted molar refractivity (Wildman–Crippen MR) is 83.4 cm³/mol. The molecule has 0 saturated heterocycles. The maximum Gasteiger partial charge on any atom is 0.359 e. The minimum absolute atomic E-state index is 0.0615. The quantitative estimate of drug-likeness (QED) is 0.450. The second-order valence-electron chi connectivity index (χ2n) is 4.12. The molecular formula is C12H14Cl3N3O4. The number of nitrogen functional groups attached to an aromatic ring is 1. The Balaban J connectivity index is 2.79. The zero-order valence-corrected chi connectivity index (χ0v) is 14.1. The number of nitrogens with two attached hydrogens (primary N) is 1. The number of ether oxygens (including phenoxy) is 2. The molecule has 7 nitrogen and oxygen atoms in total. The van der Waals surface area contributed by atoms with E-state index in [1.54, 1.807) is 0 Å². The zero-order valence-electron chi connectivity index (χ0n) is 11.8. The molecule has 1 aromatic heterocycles. The van der Waals surface area contributed by atoms with Gasteiger partial charge < -0.3 is 20.5 Å². The summed E-state index contributed by atoms with van der Waals surface area (Å²) in [4.78, 5) is 27.4. The normalized spacial score (nSPS) is 11.9. The number of amides is 1. The first kappa shape index (κ1) is 18.8. The smallest absolute Gasteiger partial charge is 0.359 e. The van der Waals surface area contributed by atoms with Crippen LogP contribution in [0.1, 0.15) is 17.4 Å². The van der Waals surface area contributed by atoms with Crippen molar-refractivity contribution >= 4 is 52.4 Å². The van der Waals surface area contributed by atoms with Crippen molar-refractivity contribution in [2.45, 2.75) is 13.0 Å². The molecule has 0 spiro atoms. The highest BCUT2D eigenvalue weighted by molar-refractivity contribution is 6.46. The second-order valence-corrected chi connectivity index (χ2v) is 5.24. The molecule has 0 saturated carbocycles. The number of nitrogens with one attached hydrogen (secondary N) is 1. The molecule has 1 heterocycles. The van der Waals surface area contributed by atoms with Gasteiger partial charge in [0.25, 0.3) is 5.91 Å². The summed E-state index contributed by atoms with van der Waals surface area (Å²) in [6.45, 7) is 2.02. The zero-order chi connectivity index (χ0) is 16.9. The summed E-state index contributed by atoms with van der Waals surface area (Å²) in [6, 6.07) is 0. The lowest BCUT2D eigenvalue weighted by Gasteiger charge is -2.14. The van der Waals surface area contributed by atoms with Crippen LogP contribution in [0, 0.1) is 0 Å². The molecule has 0 aliphatic heterocycles. The highest BCUT2D eigenvalue weighted by Crippen LogP contribution is 2.34. The summed E-state index contributed by atoms with van der Waals surface area (Å²) >= 11 is 17.4. The summed E-state index contributed by atoms with van der Waals surface area (Å²) in [5, 5.41) is 2.08. The third-order valence-electron chi connectivity index (χ3n) is 2.52. The molecule has 122 valence electrons. The van der Waals surface area contributed by atoms with Crippen LogP contribution < -0.4 is 11.1 Å². The summed E-state index contributed by atoms with van der Waals surface area (Å²) in [5.74, 6) is -1.43. The summed E-state index contributed by atoms with van der Waals surface area (Å²) in [6.07, 6.45) is -1.06. The molecule has 1 aromatic rings. The third kappa shape index (κ3) is 4.61. The number of carbonyl (C=O) groups is 2. The van der Waals surface area contributed by atoms with Gasteiger partial charge in [0.1, 0.15) is 5.02 Å². The van der Waals surface area contributed by atoms with E-state index < -0.39 is 18.0 Å². The number of hydrogen-bond acceptors (Lipinski definition) is 6. The van der Waals surface area contributed by atoms with Crippen LogP contribution in [0.5, 0.6) is 0 Å². The van der Waals surface area contributed by atoms with Gasteiger partial charge in [0.2, 0.25) is 0 Å². The fraction of sp³-hybridized carbons (Fsp3) is 0.417. The van der Waals surface area contributed by atoms with Crippen LogP contribution >= 0.6 is 34.8 Å². The van der Waals surface area contributed by atoms with E-state index in [0.717, 1.165) is 0 Å². The van der Waals surface area contributed by atoms with Crippen molar-refractivity contribution in [3.8, 4) is 0 Å². The van der Waals surface area contributed by atoms with Crippen LogP contribution in [0.4, 0.5) is 5.69 Å². The van der Waals surface area contributed by atoms with Crippen LogP contribution in [-0.4, -0.2) is 43.2 Å². The topological polar surface area (TPSA) is 104 Å². The number of halogens is 3. The number of nitrogens with zero attached hydrogens (tertiary/aromatic N) is 1. The number of hydrogen-bond donors (Lipinski definition) is 2. The van der Waals surface area contributed by atoms with Crippen molar-refractivity contribution in [3.63, 3.8) is 0 Å². The standard InChI is InChI=1S/C12H14Cl3N3O4/c1-5(11(19)17-3-4-21-2)22-12(20)9-6(13)8(16)7(14)10(15)18-9/h5H,3-4H2,1-2H3,(H2,16,18)(H,17,19)/t5-/m1/s1. The summed E-state index contributed by atoms with van der Waals surface area (Å²) in [5.41, 5.74) is 5.20. The van der Waals surface area contributed by atoms with Crippen molar-refractivity contribution in [2.24, 2.45) is 0 Å². The number of rotatable bonds is 6. The van der Waals surface area contributed by atoms with Crippen LogP contribution in [-0.2, 0) is 14.3 Å². The Morgan fingerprint density at radius 3 is 2.55 bits per heavy atom. The van der Waals surface area contributed by atoms with E-state index in [2.05, 4.69) is 10.3 Å². The van der Waals surface area contributed by atoms with Crippen molar-refractivity contribution in [2.75, 3.05) is 26.0 Å². The first-order valence-corrected chi connectivity index (χ1v) is 7.20. The van der Waals surface area contributed by atoms with E-state index in [-0.39, 0.29) is 33.1 Å². The Labute approximate surface area is 142 Å². The number of anilines is 1. The molecule has 0 aromatic carbocycles. The molecule has 0 bridgehead atoms. The van der Waals surface area contributed by atoms with Crippen molar-refractivity contribution in [1.29, 1.82) is 0 Å². The fourth-order valence-corrected chi connectivity index (χ4v) is 1.94. The Morgan fingerprint density at radius 2 is 1.95 bits per heavy atom. The van der Waals surface area contributed by atoms with E-state index >= 15 is 0 Å². The molecule has 3 N–H and O–H groups in total. The molecule has 10 heteroatoms. The van der Waals surface area contributed by atoms with Gasteiger partial charge in [0.05, 0.1) is 17.3 Å². The Morgan fingerprint density at radius 1 is 1.32 bits per heavy atom. The maximum atomic E-state index is 12.0. The lowest BCUT2D eigenvalue weighted by atomic mass is 10.3. The van der Waals surface area contributed by atoms with E-state index in [1.807, 2.05) is 0 Å². The van der Waals surface area contributed by atoms with Crippen LogP contribution in [0.2, 0.25) is 15.2 Å². The largest absolute Gasteiger partial charge is 0.448 e. The summed E-state index contributed by atoms with van der Waals surface area (Å²) in [7, 11) is 1.50. The minimum Gasteiger partial charge on any atom is -0.448 e. The Bertz CT molecular complexity index is 583. The van der Waals surface area contributed by atoms with E-state index in [9.17, 15) is 9.59 Å². The second kappa shape index (κ2) is 8.38. The Hall–Kier alpha value is -1.28. The molecule has 0 fully saturated rings. The van der Waals surface area contributed by atoms with Gasteiger partial charge in [-0.3, -0.25) is 4.79 Å². The van der Waals surface area contributed by atoms with Gasteiger partial charge in [-0.25, -0.2) is 9.78 Å². The lowest BCUT2D eigenvalue weighted by Crippen LogP contribution is -2.37. The number of aromatic nitrogens is 1. The number of esters is 1. The molecule has 0 radical (unpaired) electrons. The molecule has 0 unspecified atom stereocenters. The van der Waals surface area contributed by atoms with Gasteiger partial charge in [-0.1, -0.05) is 34.8 Å². The van der Waals surface area contributed by atoms with Crippen molar-refractivity contribution in [3.05, 3.63) is 20.9 Å². The maximum absolute atomic E-state index is 12.0. The van der Waals surface area contributed by atoms with Gasteiger partial charge in [0, 0.05) is 13.7 Å². The highest BCUT2D eigenvalue weighted by Gasteiger charge is 2.24. The Kier molecular flexibility index (Phi) is 7.15. The first-order chi connectivity index (χ1) is 10.3. The average Bonchev–Trinajstić information content (AvgIpc) is 2.48. The number of methoxy groups -OCH3 is 1. The molecule has 22 heavy (non-hydrogen) atoms. The van der Waals surface area contributed by atoms with Gasteiger partial charge in [0.15, 0.2) is 17.0 Å². The van der Waals surface area contributed by atoms with E-state index in [0.29, 0.717) is 6.61 Å². The fourth-order valence-electron chi connectivity index (χ4n) is 1.36. The first-order valence-electron chi connectivity index (χ1n) is 6.07. The monoisotopic (exact) mass is 369 g/mol. The van der Waals surface area contributed by atoms with Crippen molar-refractivity contribution in [1.82, 2.24) is 10.3 Å². The highest BCUT2D eigenvalue weighted by atomic mass is 35.5. The molecule has 1 atom stereocenters. The van der Waals surface area contributed by atoms with Crippen LogP contribution in [0.25, 0.3) is 0 Å². The van der Waals surface area contributed by atoms with E-state index in [1.165, 1.54) is 14.0 Å². The van der Waals surface area contributed by atoms with Gasteiger partial charge in [-0.2, -0.15) is 0 Å². The van der Waals surface area contributed by atoms with Crippen LogP contribution in [0.15, 0.2) is 0 Å². The molecule has 1 rings (SSSR count). The minimum atomic E-state index is -1.06. The molecule has 0 aliphatic rings. The molecular weight excluding hydrogens is 357 g/mol. The predicted octanol–water partition coefficient (Wildman–Crippen LogP) is 1.93.